The molecule has 0 saturated heterocycles. The summed E-state index contributed by atoms with van der Waals surface area (Å²) in [5.41, 5.74) is 0.346. The maximum Gasteiger partial charge on any atom is 0.0467 e. The van der Waals surface area contributed by atoms with E-state index in [4.69, 9.17) is 0 Å². The highest BCUT2D eigenvalue weighted by Gasteiger charge is 2.60. The van der Waals surface area contributed by atoms with E-state index in [0.717, 1.165) is 12.8 Å². The Morgan fingerprint density at radius 1 is 1.12 bits per heavy atom. The molecule has 1 saturated carbocycles. The lowest BCUT2D eigenvalue weighted by atomic mass is 9.89. The minimum atomic E-state index is 0.333. The zero-order chi connectivity index (χ0) is 12.7. The molecule has 1 aliphatic rings. The Labute approximate surface area is 107 Å². The van der Waals surface area contributed by atoms with Crippen molar-refractivity contribution in [1.82, 2.24) is 0 Å². The van der Waals surface area contributed by atoms with Gasteiger partial charge < -0.3 is 5.11 Å². The van der Waals surface area contributed by atoms with E-state index in [9.17, 15) is 5.11 Å². The van der Waals surface area contributed by atoms with Crippen molar-refractivity contribution >= 4 is 0 Å². The summed E-state index contributed by atoms with van der Waals surface area (Å²) in [6, 6.07) is 0. The van der Waals surface area contributed by atoms with Gasteiger partial charge in [-0.2, -0.15) is 0 Å². The smallest absolute Gasteiger partial charge is 0.0467 e. The second-order valence-electron chi connectivity index (χ2n) is 5.46. The van der Waals surface area contributed by atoms with E-state index < -0.39 is 0 Å². The first-order chi connectivity index (χ1) is 8.26. The SMILES string of the molecule is C=CC[C@H]1[C@H](CO)[C@]1(CC=C)CCCCCC. The average Bonchev–Trinajstić information content (AvgIpc) is 2.92. The average molecular weight is 236 g/mol. The van der Waals surface area contributed by atoms with Gasteiger partial charge in [-0.25, -0.2) is 0 Å². The number of aliphatic hydroxyl groups excluding tert-OH is 1. The molecular weight excluding hydrogens is 208 g/mol. The van der Waals surface area contributed by atoms with Crippen LogP contribution in [0, 0.1) is 17.3 Å². The highest BCUT2D eigenvalue weighted by Crippen LogP contribution is 2.65. The van der Waals surface area contributed by atoms with Crippen LogP contribution in [0.2, 0.25) is 0 Å². The summed E-state index contributed by atoms with van der Waals surface area (Å²) in [6.07, 6.45) is 12.6. The van der Waals surface area contributed by atoms with Crippen LogP contribution in [0.1, 0.15) is 51.9 Å². The Kier molecular flexibility index (Phi) is 5.97. The predicted molar refractivity (Wildman–Crippen MR) is 74.9 cm³/mol. The van der Waals surface area contributed by atoms with Crippen molar-refractivity contribution in [3.05, 3.63) is 25.3 Å². The summed E-state index contributed by atoms with van der Waals surface area (Å²) in [4.78, 5) is 0. The lowest BCUT2D eigenvalue weighted by molar-refractivity contribution is 0.242. The molecule has 1 N–H and O–H groups in total. The van der Waals surface area contributed by atoms with Gasteiger partial charge >= 0.3 is 0 Å². The van der Waals surface area contributed by atoms with Crippen molar-refractivity contribution in [2.45, 2.75) is 51.9 Å². The number of hydrogen-bond donors (Lipinski definition) is 1. The zero-order valence-corrected chi connectivity index (χ0v) is 11.3. The van der Waals surface area contributed by atoms with Crippen molar-refractivity contribution in [3.8, 4) is 0 Å². The maximum absolute atomic E-state index is 9.50. The Balaban J connectivity index is 2.50. The fourth-order valence-corrected chi connectivity index (χ4v) is 3.48. The number of rotatable bonds is 10. The van der Waals surface area contributed by atoms with Crippen molar-refractivity contribution in [2.75, 3.05) is 6.61 Å². The number of unbranched alkanes of at least 4 members (excludes halogenated alkanes) is 3. The molecule has 0 unspecified atom stereocenters. The summed E-state index contributed by atoms with van der Waals surface area (Å²) >= 11 is 0. The van der Waals surface area contributed by atoms with E-state index in [1.807, 2.05) is 12.2 Å². The van der Waals surface area contributed by atoms with Gasteiger partial charge in [0, 0.05) is 6.61 Å². The first-order valence-electron chi connectivity index (χ1n) is 7.09. The van der Waals surface area contributed by atoms with Crippen LogP contribution in [0.3, 0.4) is 0 Å². The fraction of sp³-hybridized carbons (Fsp3) is 0.750. The number of aliphatic hydroxyl groups is 1. The maximum atomic E-state index is 9.50. The third-order valence-electron chi connectivity index (χ3n) is 4.49. The van der Waals surface area contributed by atoms with Gasteiger partial charge in [0.2, 0.25) is 0 Å². The minimum absolute atomic E-state index is 0.333. The Morgan fingerprint density at radius 2 is 1.88 bits per heavy atom. The van der Waals surface area contributed by atoms with Crippen molar-refractivity contribution < 1.29 is 5.11 Å². The molecule has 17 heavy (non-hydrogen) atoms. The lowest BCUT2D eigenvalue weighted by Crippen LogP contribution is -2.06. The molecule has 0 aromatic carbocycles. The molecule has 0 spiro atoms. The minimum Gasteiger partial charge on any atom is -0.396 e. The summed E-state index contributed by atoms with van der Waals surface area (Å²) < 4.78 is 0. The van der Waals surface area contributed by atoms with Gasteiger partial charge in [-0.05, 0) is 36.5 Å². The topological polar surface area (TPSA) is 20.2 Å². The van der Waals surface area contributed by atoms with E-state index in [2.05, 4.69) is 20.1 Å². The highest BCUT2D eigenvalue weighted by atomic mass is 16.3. The normalized spacial score (nSPS) is 31.2. The van der Waals surface area contributed by atoms with Crippen LogP contribution >= 0.6 is 0 Å². The molecule has 0 aromatic rings. The molecule has 1 nitrogen and oxygen atoms in total. The van der Waals surface area contributed by atoms with Crippen LogP contribution in [0.4, 0.5) is 0 Å². The van der Waals surface area contributed by atoms with Gasteiger partial charge in [0.25, 0.3) is 0 Å². The molecule has 0 radical (unpaired) electrons. The van der Waals surface area contributed by atoms with E-state index in [-0.39, 0.29) is 0 Å². The molecule has 0 amide bonds. The molecular formula is C16H28O. The third-order valence-corrected chi connectivity index (χ3v) is 4.49. The highest BCUT2D eigenvalue weighted by molar-refractivity contribution is 5.13. The standard InChI is InChI=1S/C16H28O/c1-4-7-8-9-12-16(11-6-3)14(10-5-2)15(16)13-17/h5-6,14-15,17H,2-4,7-13H2,1H3/t14-,15-,16+/m0/s1. The summed E-state index contributed by atoms with van der Waals surface area (Å²) in [7, 11) is 0. The first-order valence-corrected chi connectivity index (χ1v) is 7.09. The van der Waals surface area contributed by atoms with Crippen LogP contribution in [-0.2, 0) is 0 Å². The van der Waals surface area contributed by atoms with Crippen molar-refractivity contribution in [1.29, 1.82) is 0 Å². The van der Waals surface area contributed by atoms with Gasteiger partial charge in [-0.1, -0.05) is 44.8 Å². The number of allylic oxidation sites excluding steroid dienone is 2. The first kappa shape index (κ1) is 14.5. The van der Waals surface area contributed by atoms with E-state index >= 15 is 0 Å². The molecule has 1 rings (SSSR count). The molecule has 0 heterocycles. The van der Waals surface area contributed by atoms with Crippen LogP contribution in [0.5, 0.6) is 0 Å². The monoisotopic (exact) mass is 236 g/mol. The quantitative estimate of drug-likeness (QED) is 0.442. The molecule has 1 aliphatic carbocycles. The van der Waals surface area contributed by atoms with Gasteiger partial charge in [0.05, 0.1) is 0 Å². The Morgan fingerprint density at radius 3 is 2.41 bits per heavy atom. The summed E-state index contributed by atoms with van der Waals surface area (Å²) in [5.74, 6) is 1.13. The number of hydrogen-bond acceptors (Lipinski definition) is 1. The molecule has 98 valence electrons. The predicted octanol–water partition coefficient (Wildman–Crippen LogP) is 4.33. The summed E-state index contributed by atoms with van der Waals surface area (Å²) in [6.45, 7) is 10.3. The second-order valence-corrected chi connectivity index (χ2v) is 5.46. The van der Waals surface area contributed by atoms with Crippen LogP contribution in [0.25, 0.3) is 0 Å². The molecule has 3 atom stereocenters. The van der Waals surface area contributed by atoms with Gasteiger partial charge in [-0.15, -0.1) is 13.2 Å². The molecule has 0 aromatic heterocycles. The Hall–Kier alpha value is -0.560. The molecule has 1 fully saturated rings. The van der Waals surface area contributed by atoms with Crippen molar-refractivity contribution in [2.24, 2.45) is 17.3 Å². The van der Waals surface area contributed by atoms with Crippen LogP contribution in [0.15, 0.2) is 25.3 Å². The fourth-order valence-electron chi connectivity index (χ4n) is 3.48. The molecule has 0 aliphatic heterocycles. The third kappa shape index (κ3) is 3.22. The largest absolute Gasteiger partial charge is 0.396 e. The van der Waals surface area contributed by atoms with Crippen molar-refractivity contribution in [3.63, 3.8) is 0 Å². The zero-order valence-electron chi connectivity index (χ0n) is 11.3. The van der Waals surface area contributed by atoms with Gasteiger partial charge in [0.15, 0.2) is 0 Å². The summed E-state index contributed by atoms with van der Waals surface area (Å²) in [5, 5.41) is 9.50. The molecule has 1 heteroatoms. The van der Waals surface area contributed by atoms with Gasteiger partial charge in [-0.3, -0.25) is 0 Å². The second kappa shape index (κ2) is 7.00. The Bertz CT molecular complexity index is 246. The van der Waals surface area contributed by atoms with Gasteiger partial charge in [0.1, 0.15) is 0 Å². The van der Waals surface area contributed by atoms with Crippen LogP contribution < -0.4 is 0 Å². The van der Waals surface area contributed by atoms with E-state index in [0.29, 0.717) is 23.9 Å². The van der Waals surface area contributed by atoms with Crippen LogP contribution in [-0.4, -0.2) is 11.7 Å². The van der Waals surface area contributed by atoms with E-state index in [1.54, 1.807) is 0 Å². The lowest BCUT2D eigenvalue weighted by Gasteiger charge is -2.16. The molecule has 0 bridgehead atoms. The van der Waals surface area contributed by atoms with E-state index in [1.165, 1.54) is 32.1 Å².